The van der Waals surface area contributed by atoms with Gasteiger partial charge in [0.05, 0.1) is 0 Å². The standard InChI is InChI=1S/C18H30N2/c1-14(19-12-15-10-11-20(5)13-15)16-6-8-17(9-7-16)18(2,3)4/h6-9,14-15,19H,10-13H2,1-5H3. The first-order chi connectivity index (χ1) is 9.36. The predicted molar refractivity (Wildman–Crippen MR) is 87.2 cm³/mol. The zero-order chi connectivity index (χ0) is 14.8. The average molecular weight is 274 g/mol. The fourth-order valence-corrected chi connectivity index (χ4v) is 2.93. The maximum Gasteiger partial charge on any atom is 0.0291 e. The molecule has 2 nitrogen and oxygen atoms in total. The van der Waals surface area contributed by atoms with E-state index in [-0.39, 0.29) is 5.41 Å². The Hall–Kier alpha value is -0.860. The first-order valence-electron chi connectivity index (χ1n) is 7.88. The fourth-order valence-electron chi connectivity index (χ4n) is 2.93. The summed E-state index contributed by atoms with van der Waals surface area (Å²) in [5.41, 5.74) is 3.04. The quantitative estimate of drug-likeness (QED) is 0.902. The average Bonchev–Trinajstić information content (AvgIpc) is 2.81. The summed E-state index contributed by atoms with van der Waals surface area (Å²) in [4.78, 5) is 2.43. The van der Waals surface area contributed by atoms with E-state index < -0.39 is 0 Å². The van der Waals surface area contributed by atoms with Crippen LogP contribution in [0.15, 0.2) is 24.3 Å². The number of hydrogen-bond donors (Lipinski definition) is 1. The smallest absolute Gasteiger partial charge is 0.0291 e. The van der Waals surface area contributed by atoms with Gasteiger partial charge in [-0.1, -0.05) is 45.0 Å². The molecular formula is C18H30N2. The molecular weight excluding hydrogens is 244 g/mol. The molecule has 2 heteroatoms. The number of nitrogens with one attached hydrogen (secondary N) is 1. The summed E-state index contributed by atoms with van der Waals surface area (Å²) in [5.74, 6) is 0.816. The van der Waals surface area contributed by atoms with Crippen LogP contribution in [-0.2, 0) is 5.41 Å². The molecule has 1 saturated heterocycles. The minimum atomic E-state index is 0.240. The molecule has 1 aliphatic heterocycles. The normalized spacial score (nSPS) is 22.1. The second-order valence-electron chi connectivity index (χ2n) is 7.42. The maximum atomic E-state index is 3.69. The number of nitrogens with zero attached hydrogens (tertiary/aromatic N) is 1. The molecule has 1 heterocycles. The lowest BCUT2D eigenvalue weighted by molar-refractivity contribution is 0.382. The molecule has 0 amide bonds. The van der Waals surface area contributed by atoms with Crippen molar-refractivity contribution >= 4 is 0 Å². The van der Waals surface area contributed by atoms with Crippen LogP contribution in [0, 0.1) is 5.92 Å². The summed E-state index contributed by atoms with van der Waals surface area (Å²) < 4.78 is 0. The van der Waals surface area contributed by atoms with Crippen LogP contribution < -0.4 is 5.32 Å². The predicted octanol–water partition coefficient (Wildman–Crippen LogP) is 3.59. The van der Waals surface area contributed by atoms with Crippen molar-refractivity contribution in [1.29, 1.82) is 0 Å². The molecule has 0 aliphatic carbocycles. The summed E-state index contributed by atoms with van der Waals surface area (Å²) in [7, 11) is 2.22. The van der Waals surface area contributed by atoms with Crippen LogP contribution in [0.5, 0.6) is 0 Å². The molecule has 2 unspecified atom stereocenters. The number of hydrogen-bond acceptors (Lipinski definition) is 2. The molecule has 0 bridgehead atoms. The minimum Gasteiger partial charge on any atom is -0.310 e. The SMILES string of the molecule is CC(NCC1CCN(C)C1)c1ccc(C(C)(C)C)cc1. The zero-order valence-electron chi connectivity index (χ0n) is 13.7. The van der Waals surface area contributed by atoms with E-state index in [2.05, 4.69) is 69.2 Å². The molecule has 1 aliphatic rings. The Morgan fingerprint density at radius 1 is 1.25 bits per heavy atom. The lowest BCUT2D eigenvalue weighted by Crippen LogP contribution is -2.27. The summed E-state index contributed by atoms with van der Waals surface area (Å²) in [6, 6.07) is 9.54. The second kappa shape index (κ2) is 6.28. The van der Waals surface area contributed by atoms with E-state index in [1.807, 2.05) is 0 Å². The van der Waals surface area contributed by atoms with Crippen molar-refractivity contribution in [3.05, 3.63) is 35.4 Å². The molecule has 1 aromatic rings. The first-order valence-corrected chi connectivity index (χ1v) is 7.88. The molecule has 0 spiro atoms. The van der Waals surface area contributed by atoms with Gasteiger partial charge in [-0.15, -0.1) is 0 Å². The summed E-state index contributed by atoms with van der Waals surface area (Å²) in [6.45, 7) is 12.7. The van der Waals surface area contributed by atoms with Crippen LogP contribution >= 0.6 is 0 Å². The van der Waals surface area contributed by atoms with Crippen molar-refractivity contribution in [2.75, 3.05) is 26.7 Å². The van der Waals surface area contributed by atoms with Crippen LogP contribution in [0.2, 0.25) is 0 Å². The third-order valence-corrected chi connectivity index (χ3v) is 4.48. The maximum absolute atomic E-state index is 3.69. The van der Waals surface area contributed by atoms with Crippen molar-refractivity contribution in [3.8, 4) is 0 Å². The van der Waals surface area contributed by atoms with E-state index in [1.165, 1.54) is 30.6 Å². The van der Waals surface area contributed by atoms with Gasteiger partial charge in [0.15, 0.2) is 0 Å². The van der Waals surface area contributed by atoms with Crippen molar-refractivity contribution < 1.29 is 0 Å². The van der Waals surface area contributed by atoms with Crippen molar-refractivity contribution in [1.82, 2.24) is 10.2 Å². The zero-order valence-corrected chi connectivity index (χ0v) is 13.7. The Kier molecular flexibility index (Phi) is 4.87. The second-order valence-corrected chi connectivity index (χ2v) is 7.42. The number of rotatable bonds is 4. The summed E-state index contributed by atoms with van der Waals surface area (Å²) in [6.07, 6.45) is 1.33. The van der Waals surface area contributed by atoms with E-state index in [4.69, 9.17) is 0 Å². The van der Waals surface area contributed by atoms with Crippen molar-refractivity contribution in [2.45, 2.75) is 45.6 Å². The van der Waals surface area contributed by atoms with E-state index in [1.54, 1.807) is 0 Å². The largest absolute Gasteiger partial charge is 0.310 e. The van der Waals surface area contributed by atoms with Crippen molar-refractivity contribution in [2.24, 2.45) is 5.92 Å². The van der Waals surface area contributed by atoms with E-state index >= 15 is 0 Å². The monoisotopic (exact) mass is 274 g/mol. The lowest BCUT2D eigenvalue weighted by atomic mass is 9.86. The topological polar surface area (TPSA) is 15.3 Å². The van der Waals surface area contributed by atoms with Crippen LogP contribution in [0.25, 0.3) is 0 Å². The Bertz CT molecular complexity index is 416. The minimum absolute atomic E-state index is 0.240. The van der Waals surface area contributed by atoms with Gasteiger partial charge in [0.25, 0.3) is 0 Å². The third kappa shape index (κ3) is 4.07. The highest BCUT2D eigenvalue weighted by Gasteiger charge is 2.20. The highest BCUT2D eigenvalue weighted by molar-refractivity contribution is 5.29. The lowest BCUT2D eigenvalue weighted by Gasteiger charge is -2.21. The molecule has 0 radical (unpaired) electrons. The van der Waals surface area contributed by atoms with E-state index in [9.17, 15) is 0 Å². The van der Waals surface area contributed by atoms with Gasteiger partial charge in [0, 0.05) is 12.6 Å². The molecule has 0 aromatic heterocycles. The van der Waals surface area contributed by atoms with Crippen molar-refractivity contribution in [3.63, 3.8) is 0 Å². The summed E-state index contributed by atoms with van der Waals surface area (Å²) in [5, 5.41) is 3.69. The Labute approximate surface area is 124 Å². The molecule has 0 saturated carbocycles. The van der Waals surface area contributed by atoms with Gasteiger partial charge in [-0.3, -0.25) is 0 Å². The van der Waals surface area contributed by atoms with E-state index in [0.29, 0.717) is 6.04 Å². The third-order valence-electron chi connectivity index (χ3n) is 4.48. The van der Waals surface area contributed by atoms with Crippen LogP contribution in [-0.4, -0.2) is 31.6 Å². The first kappa shape index (κ1) is 15.5. The van der Waals surface area contributed by atoms with Gasteiger partial charge in [-0.05, 0) is 55.9 Å². The van der Waals surface area contributed by atoms with Gasteiger partial charge in [-0.25, -0.2) is 0 Å². The highest BCUT2D eigenvalue weighted by Crippen LogP contribution is 2.24. The molecule has 1 aromatic carbocycles. The van der Waals surface area contributed by atoms with Gasteiger partial charge >= 0.3 is 0 Å². The molecule has 1 N–H and O–H groups in total. The fraction of sp³-hybridized carbons (Fsp3) is 0.667. The Morgan fingerprint density at radius 2 is 1.90 bits per heavy atom. The number of benzene rings is 1. The molecule has 2 atom stereocenters. The molecule has 112 valence electrons. The Morgan fingerprint density at radius 3 is 2.40 bits per heavy atom. The van der Waals surface area contributed by atoms with E-state index in [0.717, 1.165) is 12.5 Å². The van der Waals surface area contributed by atoms with Crippen LogP contribution in [0.3, 0.4) is 0 Å². The van der Waals surface area contributed by atoms with Gasteiger partial charge in [0.1, 0.15) is 0 Å². The van der Waals surface area contributed by atoms with Gasteiger partial charge in [0.2, 0.25) is 0 Å². The number of likely N-dealkylation sites (tertiary alicyclic amines) is 1. The molecule has 2 rings (SSSR count). The van der Waals surface area contributed by atoms with Crippen LogP contribution in [0.1, 0.15) is 51.3 Å². The molecule has 1 fully saturated rings. The van der Waals surface area contributed by atoms with Gasteiger partial charge in [-0.2, -0.15) is 0 Å². The summed E-state index contributed by atoms with van der Waals surface area (Å²) >= 11 is 0. The van der Waals surface area contributed by atoms with Gasteiger partial charge < -0.3 is 10.2 Å². The highest BCUT2D eigenvalue weighted by atomic mass is 15.1. The van der Waals surface area contributed by atoms with Crippen LogP contribution in [0.4, 0.5) is 0 Å². The Balaban J connectivity index is 1.87. The molecule has 20 heavy (non-hydrogen) atoms.